The van der Waals surface area contributed by atoms with Gasteiger partial charge in [-0.15, -0.1) is 0 Å². The van der Waals surface area contributed by atoms with Crippen molar-refractivity contribution in [3.63, 3.8) is 0 Å². The Labute approximate surface area is 127 Å². The number of esters is 1. The normalized spacial score (nSPS) is 10.4. The van der Waals surface area contributed by atoms with E-state index in [9.17, 15) is 9.59 Å². The third kappa shape index (κ3) is 2.45. The molecule has 0 bridgehead atoms. The molecule has 0 atom stereocenters. The van der Waals surface area contributed by atoms with Crippen molar-refractivity contribution in [2.24, 2.45) is 0 Å². The fraction of sp³-hybridized carbons (Fsp3) is 0.333. The molecule has 0 saturated carbocycles. The molecule has 0 aliphatic carbocycles. The van der Waals surface area contributed by atoms with Crippen molar-refractivity contribution in [3.05, 3.63) is 23.5 Å². The molecule has 7 nitrogen and oxygen atoms in total. The van der Waals surface area contributed by atoms with E-state index in [1.165, 1.54) is 38.4 Å². The van der Waals surface area contributed by atoms with E-state index in [0.29, 0.717) is 16.9 Å². The van der Waals surface area contributed by atoms with Gasteiger partial charge in [0, 0.05) is 19.5 Å². The molecule has 0 aliphatic heterocycles. The Balaban J connectivity index is 2.80. The molecule has 0 radical (unpaired) electrons. The summed E-state index contributed by atoms with van der Waals surface area (Å²) in [5, 5.41) is 0.426. The van der Waals surface area contributed by atoms with Gasteiger partial charge >= 0.3 is 5.97 Å². The maximum atomic E-state index is 12.1. The minimum absolute atomic E-state index is 0.0942. The summed E-state index contributed by atoms with van der Waals surface area (Å²) in [5.41, 5.74) is 0.490. The van der Waals surface area contributed by atoms with Gasteiger partial charge in [0.05, 0.1) is 26.9 Å². The highest BCUT2D eigenvalue weighted by Gasteiger charge is 2.24. The predicted octanol–water partition coefficient (Wildman–Crippen LogP) is 1.94. The highest BCUT2D eigenvalue weighted by molar-refractivity contribution is 6.08. The van der Waals surface area contributed by atoms with Gasteiger partial charge < -0.3 is 23.5 Å². The van der Waals surface area contributed by atoms with Crippen molar-refractivity contribution in [1.82, 2.24) is 4.90 Å². The van der Waals surface area contributed by atoms with Crippen LogP contribution in [0.5, 0.6) is 11.5 Å². The second-order valence-electron chi connectivity index (χ2n) is 4.70. The first-order valence-electron chi connectivity index (χ1n) is 6.43. The van der Waals surface area contributed by atoms with Crippen molar-refractivity contribution >= 4 is 22.8 Å². The lowest BCUT2D eigenvalue weighted by Gasteiger charge is -2.10. The summed E-state index contributed by atoms with van der Waals surface area (Å²) >= 11 is 0. The number of fused-ring (bicyclic) bond motifs is 1. The lowest BCUT2D eigenvalue weighted by molar-refractivity contribution is 0.0602. The van der Waals surface area contributed by atoms with Crippen molar-refractivity contribution < 1.29 is 28.2 Å². The van der Waals surface area contributed by atoms with Crippen molar-refractivity contribution in [2.45, 2.75) is 0 Å². The van der Waals surface area contributed by atoms with Gasteiger partial charge in [0.2, 0.25) is 5.75 Å². The number of hydrogen-bond acceptors (Lipinski definition) is 6. The minimum atomic E-state index is -0.560. The lowest BCUT2D eigenvalue weighted by atomic mass is 10.1. The predicted molar refractivity (Wildman–Crippen MR) is 78.7 cm³/mol. The summed E-state index contributed by atoms with van der Waals surface area (Å²) < 4.78 is 20.8. The largest absolute Gasteiger partial charge is 0.493 e. The Hall–Kier alpha value is -2.70. The van der Waals surface area contributed by atoms with Crippen LogP contribution in [0, 0.1) is 0 Å². The van der Waals surface area contributed by atoms with E-state index in [0.717, 1.165) is 0 Å². The fourth-order valence-corrected chi connectivity index (χ4v) is 2.10. The van der Waals surface area contributed by atoms with Crippen LogP contribution in [0.3, 0.4) is 0 Å². The van der Waals surface area contributed by atoms with Crippen molar-refractivity contribution in [1.29, 1.82) is 0 Å². The lowest BCUT2D eigenvalue weighted by Crippen LogP contribution is -2.20. The number of furan rings is 1. The van der Waals surface area contributed by atoms with E-state index >= 15 is 0 Å². The number of carbonyl (C=O) groups excluding carboxylic acids is 2. The highest BCUT2D eigenvalue weighted by Crippen LogP contribution is 2.40. The Morgan fingerprint density at radius 1 is 1.09 bits per heavy atom. The van der Waals surface area contributed by atoms with Gasteiger partial charge in [0.15, 0.2) is 17.1 Å². The first-order valence-corrected chi connectivity index (χ1v) is 6.43. The van der Waals surface area contributed by atoms with Gasteiger partial charge in [0.25, 0.3) is 5.91 Å². The summed E-state index contributed by atoms with van der Waals surface area (Å²) in [5.74, 6) is -0.170. The number of methoxy groups -OCH3 is 3. The highest BCUT2D eigenvalue weighted by atomic mass is 16.5. The summed E-state index contributed by atoms with van der Waals surface area (Å²) in [4.78, 5) is 25.4. The average molecular weight is 307 g/mol. The maximum absolute atomic E-state index is 12.1. The molecule has 0 saturated heterocycles. The number of carbonyl (C=O) groups is 2. The topological polar surface area (TPSA) is 78.2 Å². The zero-order valence-corrected chi connectivity index (χ0v) is 13.1. The maximum Gasteiger partial charge on any atom is 0.338 e. The number of hydrogen-bond donors (Lipinski definition) is 0. The number of amides is 1. The second kappa shape index (κ2) is 5.97. The molecule has 0 unspecified atom stereocenters. The van der Waals surface area contributed by atoms with E-state index in [4.69, 9.17) is 18.6 Å². The standard InChI is InChI=1S/C15H17NO6/c1-16(2)14(17)11-6-8-9(15(18)21-5)7-10(19-3)13(20-4)12(8)22-11/h6-7H,1-5H3. The van der Waals surface area contributed by atoms with Crippen LogP contribution >= 0.6 is 0 Å². The van der Waals surface area contributed by atoms with E-state index in [-0.39, 0.29) is 22.8 Å². The smallest absolute Gasteiger partial charge is 0.338 e. The van der Waals surface area contributed by atoms with E-state index in [2.05, 4.69) is 0 Å². The molecule has 7 heteroatoms. The van der Waals surface area contributed by atoms with Crippen molar-refractivity contribution in [3.8, 4) is 11.5 Å². The van der Waals surface area contributed by atoms with Crippen LogP contribution in [0.15, 0.2) is 16.5 Å². The number of ether oxygens (including phenoxy) is 3. The summed E-state index contributed by atoms with van der Waals surface area (Å²) in [7, 11) is 7.38. The molecule has 2 aromatic rings. The summed E-state index contributed by atoms with van der Waals surface area (Å²) in [6.45, 7) is 0. The third-order valence-corrected chi connectivity index (χ3v) is 3.17. The monoisotopic (exact) mass is 307 g/mol. The van der Waals surface area contributed by atoms with Gasteiger partial charge in [0.1, 0.15) is 0 Å². The zero-order chi connectivity index (χ0) is 16.4. The SMILES string of the molecule is COC(=O)c1cc(OC)c(OC)c2oc(C(=O)N(C)C)cc12. The van der Waals surface area contributed by atoms with E-state index in [1.807, 2.05) is 0 Å². The molecule has 1 amide bonds. The van der Waals surface area contributed by atoms with Crippen LogP contribution in [0.4, 0.5) is 0 Å². The Morgan fingerprint density at radius 3 is 2.27 bits per heavy atom. The number of rotatable bonds is 4. The average Bonchev–Trinajstić information content (AvgIpc) is 2.96. The van der Waals surface area contributed by atoms with Gasteiger partial charge in [-0.25, -0.2) is 4.79 Å². The van der Waals surface area contributed by atoms with E-state index < -0.39 is 5.97 Å². The molecule has 1 heterocycles. The van der Waals surface area contributed by atoms with Crippen LogP contribution in [0.25, 0.3) is 11.0 Å². The molecule has 2 rings (SSSR count). The van der Waals surface area contributed by atoms with Crippen LogP contribution in [-0.2, 0) is 4.74 Å². The zero-order valence-electron chi connectivity index (χ0n) is 13.1. The van der Waals surface area contributed by atoms with Crippen molar-refractivity contribution in [2.75, 3.05) is 35.4 Å². The number of benzene rings is 1. The third-order valence-electron chi connectivity index (χ3n) is 3.17. The molecule has 0 fully saturated rings. The Bertz CT molecular complexity index is 731. The minimum Gasteiger partial charge on any atom is -0.493 e. The van der Waals surface area contributed by atoms with Gasteiger partial charge in [-0.05, 0) is 12.1 Å². The van der Waals surface area contributed by atoms with Crippen LogP contribution in [-0.4, -0.2) is 52.2 Å². The van der Waals surface area contributed by atoms with Gasteiger partial charge in [-0.2, -0.15) is 0 Å². The molecule has 1 aromatic heterocycles. The Morgan fingerprint density at radius 2 is 1.77 bits per heavy atom. The molecular weight excluding hydrogens is 290 g/mol. The summed E-state index contributed by atoms with van der Waals surface area (Å²) in [6, 6.07) is 2.98. The van der Waals surface area contributed by atoms with Crippen LogP contribution < -0.4 is 9.47 Å². The van der Waals surface area contributed by atoms with Gasteiger partial charge in [-0.1, -0.05) is 0 Å². The molecule has 0 N–H and O–H groups in total. The van der Waals surface area contributed by atoms with Crippen LogP contribution in [0.2, 0.25) is 0 Å². The second-order valence-corrected chi connectivity index (χ2v) is 4.70. The summed E-state index contributed by atoms with van der Waals surface area (Å²) in [6.07, 6.45) is 0. The van der Waals surface area contributed by atoms with E-state index in [1.54, 1.807) is 14.1 Å². The molecule has 22 heavy (non-hydrogen) atoms. The molecule has 0 spiro atoms. The molecular formula is C15H17NO6. The quantitative estimate of drug-likeness (QED) is 0.803. The molecule has 0 aliphatic rings. The molecule has 1 aromatic carbocycles. The van der Waals surface area contributed by atoms with Gasteiger partial charge in [-0.3, -0.25) is 4.79 Å². The first kappa shape index (κ1) is 15.7. The fourth-order valence-electron chi connectivity index (χ4n) is 2.10. The van der Waals surface area contributed by atoms with Crippen LogP contribution in [0.1, 0.15) is 20.9 Å². The number of nitrogens with zero attached hydrogens (tertiary/aromatic N) is 1. The Kier molecular flexibility index (Phi) is 4.25. The molecule has 118 valence electrons. The first-order chi connectivity index (χ1) is 10.4.